The summed E-state index contributed by atoms with van der Waals surface area (Å²) in [4.78, 5) is 0. The topological polar surface area (TPSA) is 0 Å². The number of benzene rings is 7. The molecule has 0 bridgehead atoms. The maximum Gasteiger partial charge on any atom is 0.0713 e. The molecule has 9 rings (SSSR count). The summed E-state index contributed by atoms with van der Waals surface area (Å²) >= 11 is 0. The monoisotopic (exact) mass is 857 g/mol. The van der Waals surface area contributed by atoms with Crippen LogP contribution in [-0.4, -0.2) is 0 Å². The van der Waals surface area contributed by atoms with Gasteiger partial charge in [0.2, 0.25) is 0 Å². The molecule has 0 heterocycles. The van der Waals surface area contributed by atoms with Gasteiger partial charge in [-0.3, -0.25) is 0 Å². The number of hydrogen-bond acceptors (Lipinski definition) is 0. The van der Waals surface area contributed by atoms with E-state index < -0.39 is 0 Å². The summed E-state index contributed by atoms with van der Waals surface area (Å²) in [5.74, 6) is 0. The van der Waals surface area contributed by atoms with Gasteiger partial charge in [0, 0.05) is 5.41 Å². The Balaban J connectivity index is 0.000000901. The van der Waals surface area contributed by atoms with Crippen molar-refractivity contribution < 1.29 is 0 Å². The minimum atomic E-state index is -0.254. The van der Waals surface area contributed by atoms with E-state index >= 15 is 0 Å². The highest BCUT2D eigenvalue weighted by Gasteiger charge is 2.45. The molecule has 0 fully saturated rings. The molecule has 0 aromatic heterocycles. The summed E-state index contributed by atoms with van der Waals surface area (Å²) in [7, 11) is 0. The Labute approximate surface area is 395 Å². The van der Waals surface area contributed by atoms with Crippen LogP contribution in [-0.2, 0) is 16.2 Å². The lowest BCUT2D eigenvalue weighted by Gasteiger charge is -2.33. The summed E-state index contributed by atoms with van der Waals surface area (Å²) in [6.45, 7) is 37.6. The second-order valence-corrected chi connectivity index (χ2v) is 15.4. The summed E-state index contributed by atoms with van der Waals surface area (Å²) in [6, 6.07) is 65.5. The van der Waals surface area contributed by atoms with Gasteiger partial charge in [-0.05, 0) is 73.5 Å². The highest BCUT2D eigenvalue weighted by atomic mass is 14.5. The van der Waals surface area contributed by atoms with E-state index in [1.54, 1.807) is 0 Å². The Morgan fingerprint density at radius 3 is 0.969 bits per heavy atom. The quantitative estimate of drug-likeness (QED) is 0.162. The van der Waals surface area contributed by atoms with Crippen molar-refractivity contribution in [2.24, 2.45) is 0 Å². The smallest absolute Gasteiger partial charge is 0.0713 e. The molecule has 7 aromatic carbocycles. The molecule has 0 atom stereocenters. The van der Waals surface area contributed by atoms with Gasteiger partial charge in [0.15, 0.2) is 0 Å². The van der Waals surface area contributed by atoms with Crippen LogP contribution in [0.3, 0.4) is 0 Å². The van der Waals surface area contributed by atoms with E-state index in [1.807, 2.05) is 101 Å². The zero-order valence-corrected chi connectivity index (χ0v) is 42.8. The van der Waals surface area contributed by atoms with E-state index in [2.05, 4.69) is 205 Å². The molecule has 64 heavy (non-hydrogen) atoms. The van der Waals surface area contributed by atoms with E-state index in [0.29, 0.717) is 0 Å². The zero-order chi connectivity index (χ0) is 47.6. The minimum absolute atomic E-state index is 0. The van der Waals surface area contributed by atoms with Crippen LogP contribution >= 0.6 is 0 Å². The zero-order valence-electron chi connectivity index (χ0n) is 42.8. The maximum atomic E-state index is 2.41. The summed E-state index contributed by atoms with van der Waals surface area (Å²) in [5, 5.41) is 0. The number of hydrogen-bond donors (Lipinski definition) is 0. The first kappa shape index (κ1) is 58.5. The molecule has 7 aromatic rings. The van der Waals surface area contributed by atoms with Crippen LogP contribution in [0.2, 0.25) is 0 Å². The number of fused-ring (bicyclic) bond motifs is 6. The van der Waals surface area contributed by atoms with Crippen LogP contribution in [0.5, 0.6) is 0 Å². The molecule has 344 valence electrons. The fourth-order valence-corrected chi connectivity index (χ4v) is 8.11. The predicted molar refractivity (Wildman–Crippen MR) is 292 cm³/mol. The molecular weight excluding hydrogens is 769 g/mol. The molecular formula is C64H88. The second kappa shape index (κ2) is 29.8. The Hall–Kier alpha value is -5.46. The summed E-state index contributed by atoms with van der Waals surface area (Å²) < 4.78 is 0. The van der Waals surface area contributed by atoms with E-state index in [0.717, 1.165) is 0 Å². The van der Waals surface area contributed by atoms with Crippen LogP contribution in [0.15, 0.2) is 182 Å². The first-order valence-electron chi connectivity index (χ1n) is 24.2. The average Bonchev–Trinajstić information content (AvgIpc) is 3.79. The van der Waals surface area contributed by atoms with E-state index in [9.17, 15) is 0 Å². The third-order valence-corrected chi connectivity index (χ3v) is 10.8. The van der Waals surface area contributed by atoms with Crippen molar-refractivity contribution in [1.29, 1.82) is 0 Å². The molecule has 0 saturated heterocycles. The Morgan fingerprint density at radius 1 is 0.328 bits per heavy atom. The maximum absolute atomic E-state index is 2.41. The van der Waals surface area contributed by atoms with E-state index in [1.165, 1.54) is 66.8 Å². The van der Waals surface area contributed by atoms with Gasteiger partial charge in [-0.1, -0.05) is 313 Å². The standard InChI is InChI=1S/C25H18.C19H22.C7H8.6C2H6.CH4/c1-3-11-19(12-4-1)25(20-13-5-2-6-14-20)23-17-9-7-15-21(23)22-16-8-10-18-24(22)25;1-18(2,3)13-10-11-15-14-8-6-7-9-16(14)19(4,5)17(15)12-13;1-7-5-3-2-4-6-7;6*1-2;/h1-18H;6-12H,1-5H3;2-6H,1H3;6*1-2H3;1H4. The van der Waals surface area contributed by atoms with Crippen molar-refractivity contribution in [1.82, 2.24) is 0 Å². The minimum Gasteiger partial charge on any atom is -0.0776 e. The normalized spacial score (nSPS) is 11.7. The molecule has 2 aliphatic carbocycles. The number of rotatable bonds is 2. The van der Waals surface area contributed by atoms with Crippen LogP contribution in [0.25, 0.3) is 22.3 Å². The van der Waals surface area contributed by atoms with Crippen molar-refractivity contribution in [2.75, 3.05) is 0 Å². The molecule has 0 aliphatic heterocycles. The molecule has 0 N–H and O–H groups in total. The van der Waals surface area contributed by atoms with Gasteiger partial charge in [-0.25, -0.2) is 0 Å². The summed E-state index contributed by atoms with van der Waals surface area (Å²) in [5.41, 5.74) is 16.6. The molecule has 0 amide bonds. The van der Waals surface area contributed by atoms with E-state index in [-0.39, 0.29) is 23.7 Å². The van der Waals surface area contributed by atoms with Gasteiger partial charge < -0.3 is 0 Å². The van der Waals surface area contributed by atoms with Crippen LogP contribution < -0.4 is 0 Å². The Kier molecular flexibility index (Phi) is 27.3. The predicted octanol–water partition coefficient (Wildman–Crippen LogP) is 20.1. The molecule has 0 saturated carbocycles. The lowest BCUT2D eigenvalue weighted by atomic mass is 9.68. The van der Waals surface area contributed by atoms with E-state index in [4.69, 9.17) is 0 Å². The number of aryl methyl sites for hydroxylation is 1. The van der Waals surface area contributed by atoms with Gasteiger partial charge >= 0.3 is 0 Å². The largest absolute Gasteiger partial charge is 0.0776 e. The Bertz CT molecular complexity index is 2160. The first-order chi connectivity index (χ1) is 30.6. The van der Waals surface area contributed by atoms with Crippen molar-refractivity contribution in [2.45, 2.75) is 148 Å². The first-order valence-corrected chi connectivity index (χ1v) is 24.2. The van der Waals surface area contributed by atoms with Gasteiger partial charge in [-0.2, -0.15) is 0 Å². The second-order valence-electron chi connectivity index (χ2n) is 15.4. The Morgan fingerprint density at radius 2 is 0.625 bits per heavy atom. The molecule has 0 nitrogen and oxygen atoms in total. The highest BCUT2D eigenvalue weighted by Crippen LogP contribution is 2.56. The molecule has 0 unspecified atom stereocenters. The third-order valence-electron chi connectivity index (χ3n) is 10.8. The van der Waals surface area contributed by atoms with Crippen molar-refractivity contribution in [3.8, 4) is 22.3 Å². The van der Waals surface area contributed by atoms with Crippen LogP contribution in [0.1, 0.15) is 170 Å². The van der Waals surface area contributed by atoms with Gasteiger partial charge in [0.25, 0.3) is 0 Å². The molecule has 2 aliphatic rings. The third kappa shape index (κ3) is 13.3. The van der Waals surface area contributed by atoms with Crippen LogP contribution in [0, 0.1) is 6.92 Å². The highest BCUT2D eigenvalue weighted by molar-refractivity contribution is 5.86. The van der Waals surface area contributed by atoms with Gasteiger partial charge in [-0.15, -0.1) is 0 Å². The lowest BCUT2D eigenvalue weighted by molar-refractivity contribution is 0.584. The fourth-order valence-electron chi connectivity index (χ4n) is 8.11. The lowest BCUT2D eigenvalue weighted by Crippen LogP contribution is -2.28. The van der Waals surface area contributed by atoms with Crippen molar-refractivity contribution >= 4 is 0 Å². The molecule has 0 radical (unpaired) electrons. The fraction of sp³-hybridized carbons (Fsp3) is 0.344. The SMILES string of the molecule is C.CC.CC.CC.CC.CC.CC.CC(C)(C)c1ccc2c(c1)C(C)(C)c1ccccc1-2.Cc1ccccc1.c1ccc(C2(c3ccccc3)c3ccccc3-c3ccccc32)cc1. The van der Waals surface area contributed by atoms with Crippen molar-refractivity contribution in [3.63, 3.8) is 0 Å². The van der Waals surface area contributed by atoms with Crippen molar-refractivity contribution in [3.05, 3.63) is 226 Å². The van der Waals surface area contributed by atoms with Gasteiger partial charge in [0.05, 0.1) is 5.41 Å². The van der Waals surface area contributed by atoms with Crippen LogP contribution in [0.4, 0.5) is 0 Å². The summed E-state index contributed by atoms with van der Waals surface area (Å²) in [6.07, 6.45) is 0. The molecule has 0 spiro atoms. The van der Waals surface area contributed by atoms with Gasteiger partial charge in [0.1, 0.15) is 0 Å². The average molecular weight is 857 g/mol. The molecule has 0 heteroatoms.